The lowest BCUT2D eigenvalue weighted by molar-refractivity contribution is -0.385. The second-order valence-electron chi connectivity index (χ2n) is 5.36. The third-order valence-electron chi connectivity index (χ3n) is 3.53. The Hall–Kier alpha value is -4.02. The van der Waals surface area contributed by atoms with Gasteiger partial charge in [0.15, 0.2) is 11.5 Å². The van der Waals surface area contributed by atoms with E-state index >= 15 is 0 Å². The van der Waals surface area contributed by atoms with Gasteiger partial charge in [0.25, 0.3) is 11.6 Å². The molecule has 3 aromatic rings. The fraction of sp³-hybridized carbons (Fsp3) is 0.125. The molecule has 0 atom stereocenters. The maximum Gasteiger partial charge on any atom is 0.274 e. The van der Waals surface area contributed by atoms with Crippen molar-refractivity contribution in [1.29, 1.82) is 0 Å². The number of fused-ring (bicyclic) bond motifs is 1. The van der Waals surface area contributed by atoms with Crippen LogP contribution in [0.2, 0.25) is 0 Å². The van der Waals surface area contributed by atoms with Gasteiger partial charge in [-0.1, -0.05) is 12.1 Å². The fourth-order valence-electron chi connectivity index (χ4n) is 2.29. The molecular formula is C16H14N6O5. The summed E-state index contributed by atoms with van der Waals surface area (Å²) in [7, 11) is 1.27. The lowest BCUT2D eigenvalue weighted by atomic mass is 10.2. The Kier molecular flexibility index (Phi) is 4.92. The molecule has 11 heteroatoms. The Labute approximate surface area is 152 Å². The molecule has 2 N–H and O–H groups in total. The van der Waals surface area contributed by atoms with E-state index in [-0.39, 0.29) is 29.3 Å². The highest BCUT2D eigenvalue weighted by molar-refractivity contribution is 5.87. The van der Waals surface area contributed by atoms with E-state index in [1.54, 1.807) is 12.1 Å². The Morgan fingerprint density at radius 1 is 1.37 bits per heavy atom. The standard InChI is InChI=1S/C16H14N6O5/c1-27-14-7-11(22(25)26)6-10(16(14)24)8-17-18-15(23)9-21-19-12-4-2-3-5-13(12)20-21/h2-8,24H,9H2,1H3,(H,18,23). The van der Waals surface area contributed by atoms with Crippen molar-refractivity contribution in [2.45, 2.75) is 6.54 Å². The molecule has 11 nitrogen and oxygen atoms in total. The minimum absolute atomic E-state index is 0.0179. The van der Waals surface area contributed by atoms with Crippen molar-refractivity contribution in [3.63, 3.8) is 0 Å². The van der Waals surface area contributed by atoms with Crippen LogP contribution in [0.5, 0.6) is 11.5 Å². The number of nitrogens with one attached hydrogen (secondary N) is 1. The van der Waals surface area contributed by atoms with E-state index < -0.39 is 10.8 Å². The number of methoxy groups -OCH3 is 1. The first-order valence-corrected chi connectivity index (χ1v) is 7.65. The summed E-state index contributed by atoms with van der Waals surface area (Å²) in [5, 5.41) is 32.9. The smallest absolute Gasteiger partial charge is 0.274 e. The summed E-state index contributed by atoms with van der Waals surface area (Å²) < 4.78 is 4.89. The predicted octanol–water partition coefficient (Wildman–Crippen LogP) is 1.20. The van der Waals surface area contributed by atoms with Gasteiger partial charge < -0.3 is 9.84 Å². The number of benzene rings is 2. The Balaban J connectivity index is 1.70. The number of carbonyl (C=O) groups excluding carboxylic acids is 1. The van der Waals surface area contributed by atoms with Crippen molar-refractivity contribution in [2.24, 2.45) is 5.10 Å². The quantitative estimate of drug-likeness (QED) is 0.377. The predicted molar refractivity (Wildman–Crippen MR) is 94.6 cm³/mol. The summed E-state index contributed by atoms with van der Waals surface area (Å²) in [5.41, 5.74) is 3.29. The van der Waals surface area contributed by atoms with Gasteiger partial charge in [0.05, 0.1) is 24.3 Å². The third-order valence-corrected chi connectivity index (χ3v) is 3.53. The molecule has 1 amide bonds. The lowest BCUT2D eigenvalue weighted by Crippen LogP contribution is -2.24. The number of rotatable bonds is 6. The number of nitrogens with zero attached hydrogens (tertiary/aromatic N) is 5. The molecule has 0 fully saturated rings. The second-order valence-corrected chi connectivity index (χ2v) is 5.36. The number of phenols is 1. The van der Waals surface area contributed by atoms with Crippen LogP contribution in [-0.4, -0.2) is 44.3 Å². The Bertz CT molecular complexity index is 1010. The van der Waals surface area contributed by atoms with Crippen molar-refractivity contribution in [1.82, 2.24) is 20.4 Å². The molecule has 0 aliphatic rings. The zero-order chi connectivity index (χ0) is 19.4. The van der Waals surface area contributed by atoms with Crippen molar-refractivity contribution < 1.29 is 19.6 Å². The highest BCUT2D eigenvalue weighted by Crippen LogP contribution is 2.33. The van der Waals surface area contributed by atoms with Crippen LogP contribution in [0.3, 0.4) is 0 Å². The van der Waals surface area contributed by atoms with Crippen LogP contribution in [0.4, 0.5) is 5.69 Å². The molecule has 0 unspecified atom stereocenters. The average molecular weight is 370 g/mol. The number of nitro benzene ring substituents is 1. The zero-order valence-corrected chi connectivity index (χ0v) is 14.1. The number of hydrogen-bond acceptors (Lipinski definition) is 8. The Morgan fingerprint density at radius 3 is 2.63 bits per heavy atom. The van der Waals surface area contributed by atoms with Crippen LogP contribution in [-0.2, 0) is 11.3 Å². The first kappa shape index (κ1) is 17.8. The van der Waals surface area contributed by atoms with E-state index in [0.29, 0.717) is 11.0 Å². The van der Waals surface area contributed by atoms with E-state index in [4.69, 9.17) is 4.74 Å². The normalized spacial score (nSPS) is 11.0. The van der Waals surface area contributed by atoms with Gasteiger partial charge in [-0.2, -0.15) is 20.1 Å². The maximum atomic E-state index is 11.9. The van der Waals surface area contributed by atoms with Gasteiger partial charge in [0.2, 0.25) is 0 Å². The minimum atomic E-state index is -0.633. The maximum absolute atomic E-state index is 11.9. The van der Waals surface area contributed by atoms with Gasteiger partial charge in [-0.25, -0.2) is 5.43 Å². The number of nitro groups is 1. The van der Waals surface area contributed by atoms with E-state index in [2.05, 4.69) is 20.7 Å². The van der Waals surface area contributed by atoms with Gasteiger partial charge >= 0.3 is 0 Å². The first-order valence-electron chi connectivity index (χ1n) is 7.65. The summed E-state index contributed by atoms with van der Waals surface area (Å²) in [6.45, 7) is -0.170. The molecule has 0 bridgehead atoms. The highest BCUT2D eigenvalue weighted by atomic mass is 16.6. The molecule has 2 aromatic carbocycles. The van der Waals surface area contributed by atoms with Crippen molar-refractivity contribution >= 4 is 28.8 Å². The van der Waals surface area contributed by atoms with Gasteiger partial charge in [0.1, 0.15) is 17.6 Å². The number of hydrazone groups is 1. The molecule has 1 aromatic heterocycles. The monoisotopic (exact) mass is 370 g/mol. The number of phenolic OH excluding ortho intramolecular Hbond substituents is 1. The lowest BCUT2D eigenvalue weighted by Gasteiger charge is -2.06. The number of amides is 1. The summed E-state index contributed by atoms with van der Waals surface area (Å²) in [4.78, 5) is 23.5. The fourth-order valence-corrected chi connectivity index (χ4v) is 2.29. The summed E-state index contributed by atoms with van der Waals surface area (Å²) in [5.74, 6) is -0.922. The number of aromatic nitrogens is 3. The third kappa shape index (κ3) is 3.98. The average Bonchev–Trinajstić information content (AvgIpc) is 3.05. The first-order chi connectivity index (χ1) is 13.0. The Morgan fingerprint density at radius 2 is 2.04 bits per heavy atom. The zero-order valence-electron chi connectivity index (χ0n) is 14.1. The second kappa shape index (κ2) is 7.47. The van der Waals surface area contributed by atoms with Crippen LogP contribution in [0.15, 0.2) is 41.5 Å². The molecule has 138 valence electrons. The molecule has 27 heavy (non-hydrogen) atoms. The number of aromatic hydroxyl groups is 1. The molecule has 1 heterocycles. The van der Waals surface area contributed by atoms with Gasteiger partial charge in [0, 0.05) is 11.6 Å². The number of non-ortho nitro benzene ring substituents is 1. The van der Waals surface area contributed by atoms with E-state index in [1.165, 1.54) is 11.9 Å². The summed E-state index contributed by atoms with van der Waals surface area (Å²) >= 11 is 0. The molecular weight excluding hydrogens is 356 g/mol. The van der Waals surface area contributed by atoms with E-state index in [1.807, 2.05) is 12.1 Å². The molecule has 0 aliphatic heterocycles. The molecule has 3 rings (SSSR count). The van der Waals surface area contributed by atoms with E-state index in [0.717, 1.165) is 18.3 Å². The number of ether oxygens (including phenoxy) is 1. The van der Waals surface area contributed by atoms with Crippen LogP contribution in [0.1, 0.15) is 5.56 Å². The van der Waals surface area contributed by atoms with Gasteiger partial charge in [-0.05, 0) is 12.1 Å². The summed E-state index contributed by atoms with van der Waals surface area (Å²) in [6.07, 6.45) is 1.08. The van der Waals surface area contributed by atoms with Crippen LogP contribution >= 0.6 is 0 Å². The highest BCUT2D eigenvalue weighted by Gasteiger charge is 2.16. The number of hydrogen-bond donors (Lipinski definition) is 2. The van der Waals surface area contributed by atoms with Crippen molar-refractivity contribution in [2.75, 3.05) is 7.11 Å². The van der Waals surface area contributed by atoms with Crippen LogP contribution in [0.25, 0.3) is 11.0 Å². The van der Waals surface area contributed by atoms with Crippen LogP contribution in [0, 0.1) is 10.1 Å². The SMILES string of the molecule is COc1cc([N+](=O)[O-])cc(C=NNC(=O)Cn2nc3ccccc3n2)c1O. The van der Waals surface area contributed by atoms with Gasteiger partial charge in [-0.15, -0.1) is 0 Å². The van der Waals surface area contributed by atoms with Crippen molar-refractivity contribution in [3.05, 3.63) is 52.1 Å². The molecule has 0 saturated carbocycles. The molecule has 0 spiro atoms. The topological polar surface area (TPSA) is 145 Å². The van der Waals surface area contributed by atoms with Gasteiger partial charge in [-0.3, -0.25) is 14.9 Å². The van der Waals surface area contributed by atoms with E-state index in [9.17, 15) is 20.0 Å². The molecule has 0 saturated heterocycles. The molecule has 0 aliphatic carbocycles. The van der Waals surface area contributed by atoms with Crippen molar-refractivity contribution in [3.8, 4) is 11.5 Å². The summed E-state index contributed by atoms with van der Waals surface area (Å²) in [6, 6.07) is 9.35. The minimum Gasteiger partial charge on any atom is -0.504 e. The number of carbonyl (C=O) groups is 1. The van der Waals surface area contributed by atoms with Crippen LogP contribution < -0.4 is 10.2 Å². The molecule has 0 radical (unpaired) electrons. The largest absolute Gasteiger partial charge is 0.504 e.